The molecule has 102 valence electrons. The van der Waals surface area contributed by atoms with Crippen molar-refractivity contribution in [1.82, 2.24) is 10.3 Å². The second-order valence-corrected chi connectivity index (χ2v) is 4.66. The van der Waals surface area contributed by atoms with Gasteiger partial charge in [0.1, 0.15) is 11.6 Å². The van der Waals surface area contributed by atoms with Gasteiger partial charge in [-0.3, -0.25) is 0 Å². The van der Waals surface area contributed by atoms with Crippen LogP contribution in [-0.4, -0.2) is 18.6 Å². The van der Waals surface area contributed by atoms with Crippen LogP contribution in [0.4, 0.5) is 5.82 Å². The summed E-state index contributed by atoms with van der Waals surface area (Å²) in [5.41, 5.74) is 2.40. The number of nitrogens with zero attached hydrogens (tertiary/aromatic N) is 2. The lowest BCUT2D eigenvalue weighted by Crippen LogP contribution is -2.18. The van der Waals surface area contributed by atoms with Gasteiger partial charge < -0.3 is 14.6 Å². The first-order chi connectivity index (χ1) is 9.20. The van der Waals surface area contributed by atoms with E-state index in [2.05, 4.69) is 34.3 Å². The highest BCUT2D eigenvalue weighted by atomic mass is 16.3. The molecule has 0 aromatic carbocycles. The molecule has 0 fully saturated rings. The summed E-state index contributed by atoms with van der Waals surface area (Å²) >= 11 is 0. The maximum Gasteiger partial charge on any atom is 0.128 e. The third-order valence-corrected chi connectivity index (χ3v) is 3.15. The number of aryl methyl sites for hydroxylation is 1. The average molecular weight is 259 g/mol. The molecular formula is C15H21N3O. The van der Waals surface area contributed by atoms with Crippen molar-refractivity contribution in [3.8, 4) is 0 Å². The number of pyridine rings is 1. The van der Waals surface area contributed by atoms with Gasteiger partial charge in [-0.2, -0.15) is 0 Å². The minimum atomic E-state index is 0.807. The van der Waals surface area contributed by atoms with E-state index < -0.39 is 0 Å². The van der Waals surface area contributed by atoms with E-state index in [-0.39, 0.29) is 0 Å². The van der Waals surface area contributed by atoms with Crippen molar-refractivity contribution in [3.63, 3.8) is 0 Å². The van der Waals surface area contributed by atoms with E-state index in [0.29, 0.717) is 0 Å². The molecule has 0 bridgehead atoms. The van der Waals surface area contributed by atoms with Crippen molar-refractivity contribution in [2.24, 2.45) is 0 Å². The molecule has 2 aromatic rings. The number of hydrogen-bond acceptors (Lipinski definition) is 4. The van der Waals surface area contributed by atoms with Gasteiger partial charge in [-0.05, 0) is 31.2 Å². The molecule has 0 amide bonds. The lowest BCUT2D eigenvalue weighted by molar-refractivity contribution is 0.529. The van der Waals surface area contributed by atoms with Crippen LogP contribution in [0.3, 0.4) is 0 Å². The highest BCUT2D eigenvalue weighted by Crippen LogP contribution is 2.16. The molecule has 19 heavy (non-hydrogen) atoms. The van der Waals surface area contributed by atoms with E-state index in [1.54, 1.807) is 6.26 Å². The molecule has 1 N–H and O–H groups in total. The summed E-state index contributed by atoms with van der Waals surface area (Å²) in [7, 11) is 2.04. The van der Waals surface area contributed by atoms with Crippen LogP contribution in [0, 0.1) is 6.92 Å². The SMILES string of the molecule is CCNCc1ccc(N(C)Cc2ccoc2C)nc1. The van der Waals surface area contributed by atoms with Gasteiger partial charge in [0.05, 0.1) is 6.26 Å². The molecule has 2 aromatic heterocycles. The molecular weight excluding hydrogens is 238 g/mol. The predicted molar refractivity (Wildman–Crippen MR) is 77.2 cm³/mol. The standard InChI is InChI=1S/C15H21N3O/c1-4-16-9-13-5-6-15(17-10-13)18(3)11-14-7-8-19-12(14)2/h5-8,10,16H,4,9,11H2,1-3H3. The Morgan fingerprint density at radius 3 is 2.74 bits per heavy atom. The lowest BCUT2D eigenvalue weighted by atomic mass is 10.2. The maximum absolute atomic E-state index is 5.31. The number of anilines is 1. The molecule has 4 heteroatoms. The smallest absolute Gasteiger partial charge is 0.128 e. The number of furan rings is 1. The first-order valence-corrected chi connectivity index (χ1v) is 6.60. The van der Waals surface area contributed by atoms with Crippen molar-refractivity contribution in [2.45, 2.75) is 26.9 Å². The molecule has 0 aliphatic rings. The Kier molecular flexibility index (Phi) is 4.58. The van der Waals surface area contributed by atoms with E-state index in [1.807, 2.05) is 26.2 Å². The van der Waals surface area contributed by atoms with E-state index in [1.165, 1.54) is 11.1 Å². The highest BCUT2D eigenvalue weighted by molar-refractivity contribution is 5.39. The van der Waals surface area contributed by atoms with Gasteiger partial charge >= 0.3 is 0 Å². The Morgan fingerprint density at radius 2 is 2.16 bits per heavy atom. The molecule has 0 spiro atoms. The van der Waals surface area contributed by atoms with Crippen LogP contribution < -0.4 is 10.2 Å². The zero-order valence-corrected chi connectivity index (χ0v) is 11.8. The Balaban J connectivity index is 1.99. The monoisotopic (exact) mass is 259 g/mol. The van der Waals surface area contributed by atoms with Gasteiger partial charge in [0.2, 0.25) is 0 Å². The maximum atomic E-state index is 5.31. The zero-order valence-electron chi connectivity index (χ0n) is 11.8. The van der Waals surface area contributed by atoms with E-state index in [9.17, 15) is 0 Å². The molecule has 0 aliphatic heterocycles. The molecule has 0 aliphatic carbocycles. The van der Waals surface area contributed by atoms with Gasteiger partial charge in [0.15, 0.2) is 0 Å². The molecule has 0 atom stereocenters. The lowest BCUT2D eigenvalue weighted by Gasteiger charge is -2.18. The highest BCUT2D eigenvalue weighted by Gasteiger charge is 2.07. The fourth-order valence-corrected chi connectivity index (χ4v) is 1.93. The molecule has 0 radical (unpaired) electrons. The molecule has 0 saturated heterocycles. The fraction of sp³-hybridized carbons (Fsp3) is 0.400. The Morgan fingerprint density at radius 1 is 1.32 bits per heavy atom. The van der Waals surface area contributed by atoms with Crippen LogP contribution in [0.25, 0.3) is 0 Å². The average Bonchev–Trinajstić information content (AvgIpc) is 2.82. The summed E-state index contributed by atoms with van der Waals surface area (Å²) < 4.78 is 5.31. The third-order valence-electron chi connectivity index (χ3n) is 3.15. The van der Waals surface area contributed by atoms with Crippen LogP contribution in [-0.2, 0) is 13.1 Å². The van der Waals surface area contributed by atoms with Crippen molar-refractivity contribution in [2.75, 3.05) is 18.5 Å². The van der Waals surface area contributed by atoms with Crippen molar-refractivity contribution < 1.29 is 4.42 Å². The van der Waals surface area contributed by atoms with Crippen LogP contribution in [0.2, 0.25) is 0 Å². The van der Waals surface area contributed by atoms with Crippen LogP contribution in [0.15, 0.2) is 35.1 Å². The topological polar surface area (TPSA) is 41.3 Å². The third kappa shape index (κ3) is 3.58. The number of hydrogen-bond donors (Lipinski definition) is 1. The normalized spacial score (nSPS) is 10.7. The Hall–Kier alpha value is -1.81. The van der Waals surface area contributed by atoms with Crippen molar-refractivity contribution in [1.29, 1.82) is 0 Å². The zero-order chi connectivity index (χ0) is 13.7. The first-order valence-electron chi connectivity index (χ1n) is 6.60. The second kappa shape index (κ2) is 6.38. The Labute approximate surface area is 114 Å². The minimum absolute atomic E-state index is 0.807. The van der Waals surface area contributed by atoms with Crippen LogP contribution in [0.5, 0.6) is 0 Å². The van der Waals surface area contributed by atoms with E-state index in [0.717, 1.165) is 31.2 Å². The summed E-state index contributed by atoms with van der Waals surface area (Å²) in [6.45, 7) is 6.73. The van der Waals surface area contributed by atoms with Gasteiger partial charge in [-0.1, -0.05) is 13.0 Å². The summed E-state index contributed by atoms with van der Waals surface area (Å²) in [5.74, 6) is 1.94. The van der Waals surface area contributed by atoms with E-state index in [4.69, 9.17) is 4.42 Å². The molecule has 0 unspecified atom stereocenters. The summed E-state index contributed by atoms with van der Waals surface area (Å²) in [4.78, 5) is 6.62. The molecule has 4 nitrogen and oxygen atoms in total. The van der Waals surface area contributed by atoms with E-state index >= 15 is 0 Å². The van der Waals surface area contributed by atoms with Crippen LogP contribution >= 0.6 is 0 Å². The summed E-state index contributed by atoms with van der Waals surface area (Å²) in [6.07, 6.45) is 3.65. The fourth-order valence-electron chi connectivity index (χ4n) is 1.93. The Bertz CT molecular complexity index is 504. The summed E-state index contributed by atoms with van der Waals surface area (Å²) in [6, 6.07) is 6.18. The van der Waals surface area contributed by atoms with Crippen molar-refractivity contribution in [3.05, 3.63) is 47.5 Å². The molecule has 0 saturated carbocycles. The number of rotatable bonds is 6. The largest absolute Gasteiger partial charge is 0.469 e. The first kappa shape index (κ1) is 13.6. The second-order valence-electron chi connectivity index (χ2n) is 4.66. The predicted octanol–water partition coefficient (Wildman–Crippen LogP) is 2.73. The quantitative estimate of drug-likeness (QED) is 0.866. The summed E-state index contributed by atoms with van der Waals surface area (Å²) in [5, 5.41) is 3.29. The van der Waals surface area contributed by atoms with Crippen molar-refractivity contribution >= 4 is 5.82 Å². The van der Waals surface area contributed by atoms with Gasteiger partial charge in [-0.25, -0.2) is 4.98 Å². The van der Waals surface area contributed by atoms with Gasteiger partial charge in [0.25, 0.3) is 0 Å². The number of aromatic nitrogens is 1. The minimum Gasteiger partial charge on any atom is -0.469 e. The number of nitrogens with one attached hydrogen (secondary N) is 1. The van der Waals surface area contributed by atoms with Crippen LogP contribution in [0.1, 0.15) is 23.8 Å². The molecule has 2 heterocycles. The molecule has 2 rings (SSSR count). The van der Waals surface area contributed by atoms with Gasteiger partial charge in [-0.15, -0.1) is 0 Å². The van der Waals surface area contributed by atoms with Gasteiger partial charge in [0, 0.05) is 31.9 Å².